The predicted molar refractivity (Wildman–Crippen MR) is 255 cm³/mol. The van der Waals surface area contributed by atoms with Crippen molar-refractivity contribution in [2.45, 2.75) is 105 Å². The number of benzene rings is 8. The van der Waals surface area contributed by atoms with Gasteiger partial charge in [-0.05, 0) is 163 Å². The average molecular weight is 793 g/mol. The number of hydrogen-bond acceptors (Lipinski definition) is 0. The van der Waals surface area contributed by atoms with Crippen LogP contribution in [0.5, 0.6) is 0 Å². The van der Waals surface area contributed by atoms with Gasteiger partial charge in [0.2, 0.25) is 0 Å². The Morgan fingerprint density at radius 3 is 1.12 bits per heavy atom. The van der Waals surface area contributed by atoms with Crippen LogP contribution in [0.2, 0.25) is 0 Å². The minimum absolute atomic E-state index is 0.00642. The smallest absolute Gasteiger partial charge is 0.123 e. The molecule has 0 radical (unpaired) electrons. The van der Waals surface area contributed by atoms with Crippen molar-refractivity contribution in [2.75, 3.05) is 0 Å². The molecule has 0 aromatic heterocycles. The van der Waals surface area contributed by atoms with Crippen LogP contribution in [0.1, 0.15) is 105 Å². The Morgan fingerprint density at radius 1 is 0.300 bits per heavy atom. The van der Waals surface area contributed by atoms with E-state index in [1.165, 1.54) is 22.3 Å². The number of hydrogen-bond donors (Lipinski definition) is 0. The highest BCUT2D eigenvalue weighted by molar-refractivity contribution is 6.31. The van der Waals surface area contributed by atoms with Crippen LogP contribution in [0.4, 0.5) is 8.78 Å². The second-order valence-corrected chi connectivity index (χ2v) is 21.0. The maximum Gasteiger partial charge on any atom is 0.123 e. The average Bonchev–Trinajstić information content (AvgIpc) is 3.18. The lowest BCUT2D eigenvalue weighted by molar-refractivity contribution is 0.590. The second-order valence-electron chi connectivity index (χ2n) is 21.0. The van der Waals surface area contributed by atoms with E-state index in [1.54, 1.807) is 24.3 Å². The van der Waals surface area contributed by atoms with Gasteiger partial charge in [0.1, 0.15) is 11.6 Å². The Bertz CT molecular complexity index is 2900. The second kappa shape index (κ2) is 14.5. The molecule has 0 saturated heterocycles. The van der Waals surface area contributed by atoms with Gasteiger partial charge in [0.15, 0.2) is 0 Å². The number of rotatable bonds is 4. The minimum Gasteiger partial charge on any atom is -0.207 e. The largest absolute Gasteiger partial charge is 0.207 e. The van der Waals surface area contributed by atoms with Gasteiger partial charge >= 0.3 is 0 Å². The molecule has 8 aromatic carbocycles. The third kappa shape index (κ3) is 7.55. The maximum atomic E-state index is 15.0. The third-order valence-electron chi connectivity index (χ3n) is 12.4. The zero-order valence-corrected chi connectivity index (χ0v) is 37.5. The molecule has 0 aliphatic carbocycles. The Labute approximate surface area is 356 Å². The molecule has 0 saturated carbocycles. The van der Waals surface area contributed by atoms with Gasteiger partial charge in [-0.15, -0.1) is 0 Å². The molecule has 0 fully saturated rings. The van der Waals surface area contributed by atoms with Crippen molar-refractivity contribution >= 4 is 32.3 Å². The quantitative estimate of drug-likeness (QED) is 0.156. The van der Waals surface area contributed by atoms with Crippen molar-refractivity contribution in [3.63, 3.8) is 0 Å². The zero-order chi connectivity index (χ0) is 43.1. The fourth-order valence-electron chi connectivity index (χ4n) is 8.79. The standard InChI is InChI=1S/C58H58F2/c1-55(2,3)40-21-13-35(14-22-40)47-33-43(58(10,11)12)34-49-52(38-19-28-45(60)29-20-38)54-48(51(53(47)49)37-17-26-44(59)27-18-37)32-39-31-42(57(7,8)9)25-30-46(39)50(54)36-15-23-41(24-16-36)56(4,5)6/h13-34H,1-12H3. The molecule has 0 N–H and O–H groups in total. The molecule has 0 amide bonds. The van der Waals surface area contributed by atoms with E-state index >= 15 is 0 Å². The van der Waals surface area contributed by atoms with Crippen molar-refractivity contribution in [3.8, 4) is 44.5 Å². The van der Waals surface area contributed by atoms with E-state index < -0.39 is 0 Å². The molecular weight excluding hydrogens is 735 g/mol. The van der Waals surface area contributed by atoms with Crippen LogP contribution in [0.25, 0.3) is 76.8 Å². The Kier molecular flexibility index (Phi) is 9.98. The summed E-state index contributed by atoms with van der Waals surface area (Å²) in [6, 6.07) is 46.2. The van der Waals surface area contributed by atoms with E-state index in [2.05, 4.69) is 168 Å². The molecule has 8 aromatic rings. The molecule has 304 valence electrons. The topological polar surface area (TPSA) is 0 Å². The Hall–Kier alpha value is -5.60. The van der Waals surface area contributed by atoms with Crippen LogP contribution in [-0.4, -0.2) is 0 Å². The summed E-state index contributed by atoms with van der Waals surface area (Å²) in [4.78, 5) is 0. The zero-order valence-electron chi connectivity index (χ0n) is 37.5. The van der Waals surface area contributed by atoms with Crippen LogP contribution in [0.15, 0.2) is 133 Å². The lowest BCUT2D eigenvalue weighted by Crippen LogP contribution is -2.12. The molecular formula is C58H58F2. The van der Waals surface area contributed by atoms with Gasteiger partial charge in [-0.25, -0.2) is 8.78 Å². The predicted octanol–water partition coefficient (Wildman–Crippen LogP) is 17.3. The Morgan fingerprint density at radius 2 is 0.667 bits per heavy atom. The van der Waals surface area contributed by atoms with Gasteiger partial charge < -0.3 is 0 Å². The van der Waals surface area contributed by atoms with Crippen LogP contribution >= 0.6 is 0 Å². The molecule has 8 rings (SSSR count). The number of fused-ring (bicyclic) bond motifs is 3. The van der Waals surface area contributed by atoms with Gasteiger partial charge in [-0.2, -0.15) is 0 Å². The van der Waals surface area contributed by atoms with E-state index in [4.69, 9.17) is 0 Å². The first-order valence-corrected chi connectivity index (χ1v) is 21.4. The third-order valence-corrected chi connectivity index (χ3v) is 12.4. The first-order valence-electron chi connectivity index (χ1n) is 21.4. The van der Waals surface area contributed by atoms with Gasteiger partial charge in [-0.3, -0.25) is 0 Å². The highest BCUT2D eigenvalue weighted by atomic mass is 19.1. The van der Waals surface area contributed by atoms with Gasteiger partial charge in [0.25, 0.3) is 0 Å². The fraction of sp³-hybridized carbons (Fsp3) is 0.276. The molecule has 0 aliphatic heterocycles. The molecule has 0 aliphatic rings. The van der Waals surface area contributed by atoms with E-state index in [1.807, 2.05) is 24.3 Å². The van der Waals surface area contributed by atoms with Crippen molar-refractivity contribution in [2.24, 2.45) is 0 Å². The summed E-state index contributed by atoms with van der Waals surface area (Å²) >= 11 is 0. The maximum absolute atomic E-state index is 15.0. The monoisotopic (exact) mass is 792 g/mol. The van der Waals surface area contributed by atoms with Crippen molar-refractivity contribution in [1.82, 2.24) is 0 Å². The Balaban J connectivity index is 1.69. The van der Waals surface area contributed by atoms with Gasteiger partial charge in [-0.1, -0.05) is 174 Å². The van der Waals surface area contributed by atoms with Crippen LogP contribution in [-0.2, 0) is 21.7 Å². The summed E-state index contributed by atoms with van der Waals surface area (Å²) in [5.41, 5.74) is 13.1. The van der Waals surface area contributed by atoms with Crippen LogP contribution < -0.4 is 0 Å². The first kappa shape index (κ1) is 41.1. The van der Waals surface area contributed by atoms with Crippen molar-refractivity contribution < 1.29 is 8.78 Å². The normalized spacial score (nSPS) is 12.8. The molecule has 0 nitrogen and oxygen atoms in total. The van der Waals surface area contributed by atoms with Gasteiger partial charge in [0.05, 0.1) is 0 Å². The summed E-state index contributed by atoms with van der Waals surface area (Å²) in [5.74, 6) is -0.549. The molecule has 0 unspecified atom stereocenters. The highest BCUT2D eigenvalue weighted by Gasteiger charge is 2.28. The molecule has 0 spiro atoms. The summed E-state index contributed by atoms with van der Waals surface area (Å²) in [6.45, 7) is 27.1. The minimum atomic E-state index is -0.275. The summed E-state index contributed by atoms with van der Waals surface area (Å²) in [7, 11) is 0. The van der Waals surface area contributed by atoms with Crippen molar-refractivity contribution in [3.05, 3.63) is 167 Å². The molecule has 2 heteroatoms. The fourth-order valence-corrected chi connectivity index (χ4v) is 8.79. The lowest BCUT2D eigenvalue weighted by atomic mass is 9.76. The van der Waals surface area contributed by atoms with E-state index in [0.717, 1.165) is 76.8 Å². The van der Waals surface area contributed by atoms with Gasteiger partial charge in [0, 0.05) is 0 Å². The molecule has 60 heavy (non-hydrogen) atoms. The first-order chi connectivity index (χ1) is 28.1. The number of halogens is 2. The van der Waals surface area contributed by atoms with E-state index in [0.29, 0.717) is 0 Å². The van der Waals surface area contributed by atoms with E-state index in [9.17, 15) is 8.78 Å². The SMILES string of the molecule is CC(C)(C)c1ccc(-c2cc(C(C)(C)C)cc3c(-c4ccc(F)cc4)c4c(-c5ccc(C(C)(C)C)cc5)c5ccc(C(C)(C)C)cc5cc4c(-c4ccc(F)cc4)c23)cc1. The van der Waals surface area contributed by atoms with E-state index in [-0.39, 0.29) is 33.3 Å². The van der Waals surface area contributed by atoms with Crippen molar-refractivity contribution in [1.29, 1.82) is 0 Å². The molecule has 0 heterocycles. The highest BCUT2D eigenvalue weighted by Crippen LogP contribution is 2.53. The summed E-state index contributed by atoms with van der Waals surface area (Å²) < 4.78 is 29.9. The van der Waals surface area contributed by atoms with Crippen LogP contribution in [0, 0.1) is 11.6 Å². The molecule has 0 atom stereocenters. The summed E-state index contributed by atoms with van der Waals surface area (Å²) in [5, 5.41) is 6.61. The lowest BCUT2D eigenvalue weighted by Gasteiger charge is -2.28. The summed E-state index contributed by atoms with van der Waals surface area (Å²) in [6.07, 6.45) is 0. The van der Waals surface area contributed by atoms with Crippen LogP contribution in [0.3, 0.4) is 0 Å². The molecule has 0 bridgehead atoms.